The van der Waals surface area contributed by atoms with Gasteiger partial charge in [-0.1, -0.05) is 6.07 Å². The minimum atomic E-state index is 0.853. The highest BCUT2D eigenvalue weighted by molar-refractivity contribution is 8.20. The minimum Gasteiger partial charge on any atom is -0.147 e. The van der Waals surface area contributed by atoms with Crippen LogP contribution in [0.4, 0.5) is 0 Å². The van der Waals surface area contributed by atoms with Crippen LogP contribution < -0.4 is 0 Å². The van der Waals surface area contributed by atoms with Gasteiger partial charge in [0.2, 0.25) is 0 Å². The third kappa shape index (κ3) is 6.32. The number of hydrogen-bond acceptors (Lipinski definition) is 6. The first-order valence-corrected chi connectivity index (χ1v) is 13.9. The lowest BCUT2D eigenvalue weighted by Gasteiger charge is -2.09. The van der Waals surface area contributed by atoms with Crippen LogP contribution in [0.5, 0.6) is 0 Å². The molecule has 0 aromatic heterocycles. The van der Waals surface area contributed by atoms with Crippen molar-refractivity contribution in [3.05, 3.63) is 24.3 Å². The summed E-state index contributed by atoms with van der Waals surface area (Å²) in [5, 5.41) is 0. The number of hydrogen-bond donors (Lipinski definition) is 0. The van der Waals surface area contributed by atoms with Crippen LogP contribution in [0.2, 0.25) is 0 Å². The fourth-order valence-electron chi connectivity index (χ4n) is 2.35. The van der Waals surface area contributed by atoms with Crippen molar-refractivity contribution in [3.63, 3.8) is 0 Å². The molecule has 2 fully saturated rings. The average molecular weight is 407 g/mol. The third-order valence-corrected chi connectivity index (χ3v) is 11.8. The molecule has 2 aliphatic rings. The highest BCUT2D eigenvalue weighted by Crippen LogP contribution is 2.37. The monoisotopic (exact) mass is 406 g/mol. The van der Waals surface area contributed by atoms with Crippen molar-refractivity contribution in [3.8, 4) is 0 Å². The molecular formula is C16H22S6. The van der Waals surface area contributed by atoms with Crippen LogP contribution in [0, 0.1) is 0 Å². The van der Waals surface area contributed by atoms with E-state index in [1.807, 2.05) is 23.5 Å². The SMILES string of the molecule is c1cc(SCCC2SCCS2)cc(SCCC2SCCS2)c1. The number of rotatable bonds is 8. The Kier molecular flexibility index (Phi) is 8.52. The zero-order valence-corrected chi connectivity index (χ0v) is 17.5. The van der Waals surface area contributed by atoms with E-state index < -0.39 is 0 Å². The van der Waals surface area contributed by atoms with E-state index >= 15 is 0 Å². The largest absolute Gasteiger partial charge is 0.147 e. The maximum atomic E-state index is 2.39. The molecule has 3 rings (SSSR count). The summed E-state index contributed by atoms with van der Waals surface area (Å²) in [7, 11) is 0. The van der Waals surface area contributed by atoms with Gasteiger partial charge in [0.15, 0.2) is 0 Å². The lowest BCUT2D eigenvalue weighted by Crippen LogP contribution is -1.94. The van der Waals surface area contributed by atoms with Gasteiger partial charge in [-0.15, -0.1) is 70.6 Å². The summed E-state index contributed by atoms with van der Waals surface area (Å²) in [6.45, 7) is 0. The zero-order valence-electron chi connectivity index (χ0n) is 12.6. The summed E-state index contributed by atoms with van der Waals surface area (Å²) < 4.78 is 1.71. The second kappa shape index (κ2) is 10.3. The Hall–Kier alpha value is 1.32. The van der Waals surface area contributed by atoms with Crippen LogP contribution in [-0.2, 0) is 0 Å². The Bertz CT molecular complexity index is 403. The molecule has 122 valence electrons. The van der Waals surface area contributed by atoms with Gasteiger partial charge >= 0.3 is 0 Å². The molecule has 0 atom stereocenters. The molecule has 22 heavy (non-hydrogen) atoms. The third-order valence-electron chi connectivity index (χ3n) is 3.43. The fourth-order valence-corrected chi connectivity index (χ4v) is 10.6. The Morgan fingerprint density at radius 1 is 0.773 bits per heavy atom. The summed E-state index contributed by atoms with van der Waals surface area (Å²) in [5.74, 6) is 7.92. The van der Waals surface area contributed by atoms with E-state index in [1.165, 1.54) is 57.1 Å². The molecule has 0 nitrogen and oxygen atoms in total. The average Bonchev–Trinajstić information content (AvgIpc) is 3.21. The summed E-state index contributed by atoms with van der Waals surface area (Å²) in [4.78, 5) is 2.89. The molecule has 1 aromatic rings. The van der Waals surface area contributed by atoms with Gasteiger partial charge in [0.1, 0.15) is 0 Å². The Labute approximate surface area is 160 Å². The van der Waals surface area contributed by atoms with Crippen LogP contribution in [0.25, 0.3) is 0 Å². The molecule has 0 aliphatic carbocycles. The van der Waals surface area contributed by atoms with Crippen LogP contribution in [0.15, 0.2) is 34.1 Å². The lowest BCUT2D eigenvalue weighted by atomic mass is 10.4. The number of thioether (sulfide) groups is 6. The van der Waals surface area contributed by atoms with Crippen molar-refractivity contribution in [2.45, 2.75) is 31.8 Å². The second-order valence-electron chi connectivity index (χ2n) is 5.09. The van der Waals surface area contributed by atoms with Crippen LogP contribution >= 0.6 is 70.6 Å². The van der Waals surface area contributed by atoms with Gasteiger partial charge in [0.25, 0.3) is 0 Å². The summed E-state index contributed by atoms with van der Waals surface area (Å²) in [6, 6.07) is 9.15. The highest BCUT2D eigenvalue weighted by Gasteiger charge is 2.16. The molecule has 1 aromatic carbocycles. The second-order valence-corrected chi connectivity index (χ2v) is 13.3. The molecule has 2 saturated heterocycles. The maximum Gasteiger partial charge on any atom is 0.0511 e. The molecular weight excluding hydrogens is 385 g/mol. The van der Waals surface area contributed by atoms with E-state index in [-0.39, 0.29) is 0 Å². The van der Waals surface area contributed by atoms with Gasteiger partial charge in [-0.25, -0.2) is 0 Å². The Balaban J connectivity index is 1.37. The predicted molar refractivity (Wildman–Crippen MR) is 115 cm³/mol. The highest BCUT2D eigenvalue weighted by atomic mass is 32.2. The fraction of sp³-hybridized carbons (Fsp3) is 0.625. The van der Waals surface area contributed by atoms with Gasteiger partial charge in [-0.05, 0) is 42.5 Å². The van der Waals surface area contributed by atoms with E-state index in [0.717, 1.165) is 9.16 Å². The van der Waals surface area contributed by atoms with Crippen LogP contribution in [-0.4, -0.2) is 43.7 Å². The maximum absolute atomic E-state index is 2.39. The standard InChI is InChI=1S/C16H22S6/c1-2-13(17-6-4-15-19-8-9-20-15)12-14(3-1)18-7-5-16-21-10-11-22-16/h1-3,12,15-16H,4-11H2. The van der Waals surface area contributed by atoms with E-state index in [4.69, 9.17) is 0 Å². The Morgan fingerprint density at radius 3 is 1.68 bits per heavy atom. The van der Waals surface area contributed by atoms with Crippen molar-refractivity contribution in [1.29, 1.82) is 0 Å². The molecule has 0 spiro atoms. The summed E-state index contributed by atoms with van der Waals surface area (Å²) >= 11 is 12.6. The molecule has 0 amide bonds. The molecule has 0 unspecified atom stereocenters. The van der Waals surface area contributed by atoms with Crippen molar-refractivity contribution in [2.24, 2.45) is 0 Å². The summed E-state index contributed by atoms with van der Waals surface area (Å²) in [6.07, 6.45) is 2.68. The minimum absolute atomic E-state index is 0.853. The lowest BCUT2D eigenvalue weighted by molar-refractivity contribution is 1.07. The molecule has 2 heterocycles. The van der Waals surface area contributed by atoms with Crippen molar-refractivity contribution >= 4 is 70.6 Å². The van der Waals surface area contributed by atoms with Crippen molar-refractivity contribution in [2.75, 3.05) is 34.5 Å². The molecule has 0 saturated carbocycles. The first kappa shape index (κ1) is 18.1. The molecule has 6 heteroatoms. The van der Waals surface area contributed by atoms with Crippen LogP contribution in [0.3, 0.4) is 0 Å². The topological polar surface area (TPSA) is 0 Å². The molecule has 0 radical (unpaired) electrons. The summed E-state index contributed by atoms with van der Waals surface area (Å²) in [5.41, 5.74) is 0. The van der Waals surface area contributed by atoms with Gasteiger partial charge in [-0.3, -0.25) is 0 Å². The zero-order chi connectivity index (χ0) is 15.0. The Morgan fingerprint density at radius 2 is 1.23 bits per heavy atom. The molecule has 2 aliphatic heterocycles. The number of benzene rings is 1. The van der Waals surface area contributed by atoms with E-state index in [0.29, 0.717) is 0 Å². The quantitative estimate of drug-likeness (QED) is 0.464. The van der Waals surface area contributed by atoms with Crippen LogP contribution in [0.1, 0.15) is 12.8 Å². The van der Waals surface area contributed by atoms with E-state index in [1.54, 1.807) is 0 Å². The first-order valence-electron chi connectivity index (χ1n) is 7.72. The van der Waals surface area contributed by atoms with Crippen molar-refractivity contribution < 1.29 is 0 Å². The molecule has 0 bridgehead atoms. The van der Waals surface area contributed by atoms with E-state index in [9.17, 15) is 0 Å². The van der Waals surface area contributed by atoms with Gasteiger partial charge in [0, 0.05) is 32.8 Å². The normalized spacial score (nSPS) is 20.0. The molecule has 0 N–H and O–H groups in total. The van der Waals surface area contributed by atoms with Gasteiger partial charge in [0.05, 0.1) is 9.16 Å². The van der Waals surface area contributed by atoms with Crippen molar-refractivity contribution in [1.82, 2.24) is 0 Å². The van der Waals surface area contributed by atoms with Gasteiger partial charge in [-0.2, -0.15) is 0 Å². The smallest absolute Gasteiger partial charge is 0.0511 e. The first-order chi connectivity index (χ1) is 10.9. The van der Waals surface area contributed by atoms with Gasteiger partial charge < -0.3 is 0 Å². The predicted octanol–water partition coefficient (Wildman–Crippen LogP) is 6.26. The van der Waals surface area contributed by atoms with E-state index in [2.05, 4.69) is 71.3 Å².